The molecule has 7 heteroatoms. The monoisotopic (exact) mass is 348 g/mol. The molecule has 3 atom stereocenters. The largest absolute Gasteiger partial charge is 0.449 e. The van der Waals surface area contributed by atoms with Crippen molar-refractivity contribution in [3.63, 3.8) is 0 Å². The molecule has 136 valence electrons. The zero-order valence-corrected chi connectivity index (χ0v) is 15.0. The Bertz CT molecular complexity index is 678. The van der Waals surface area contributed by atoms with Crippen LogP contribution >= 0.6 is 0 Å². The Morgan fingerprint density at radius 3 is 2.44 bits per heavy atom. The van der Waals surface area contributed by atoms with E-state index in [0.717, 1.165) is 19.3 Å². The van der Waals surface area contributed by atoms with E-state index in [1.165, 1.54) is 25.1 Å². The second-order valence-electron chi connectivity index (χ2n) is 6.63. The Labute approximate surface area is 147 Å². The summed E-state index contributed by atoms with van der Waals surface area (Å²) in [6, 6.07) is 4.45. The number of benzene rings is 1. The van der Waals surface area contributed by atoms with Gasteiger partial charge in [0.25, 0.3) is 11.6 Å². The number of rotatable bonds is 4. The lowest BCUT2D eigenvalue weighted by atomic mass is 9.97. The van der Waals surface area contributed by atoms with Crippen molar-refractivity contribution in [1.82, 2.24) is 4.90 Å². The van der Waals surface area contributed by atoms with Crippen molar-refractivity contribution < 1.29 is 19.2 Å². The summed E-state index contributed by atoms with van der Waals surface area (Å²) >= 11 is 0. The summed E-state index contributed by atoms with van der Waals surface area (Å²) in [6.45, 7) is 7.02. The van der Waals surface area contributed by atoms with E-state index in [4.69, 9.17) is 4.74 Å². The summed E-state index contributed by atoms with van der Waals surface area (Å²) in [6.07, 6.45) is 2.00. The van der Waals surface area contributed by atoms with Crippen LogP contribution in [0.25, 0.3) is 0 Å². The standard InChI is InChI=1S/C18H24N2O5/c1-11-7-5-8-12(2)19(11)17(21)14(4)25-18(22)15-9-6-10-16(13(15)3)20(23)24/h6,9-12,14H,5,7-8H2,1-4H3/t11-,12+,14-/m0/s1. The average molecular weight is 348 g/mol. The zero-order valence-electron chi connectivity index (χ0n) is 15.0. The minimum Gasteiger partial charge on any atom is -0.449 e. The van der Waals surface area contributed by atoms with Crippen LogP contribution in [0.15, 0.2) is 18.2 Å². The van der Waals surface area contributed by atoms with Crippen LogP contribution in [0.2, 0.25) is 0 Å². The van der Waals surface area contributed by atoms with Gasteiger partial charge in [-0.15, -0.1) is 0 Å². The molecule has 1 aliphatic heterocycles. The lowest BCUT2D eigenvalue weighted by Gasteiger charge is -2.40. The van der Waals surface area contributed by atoms with E-state index in [2.05, 4.69) is 0 Å². The molecule has 1 amide bonds. The third-order valence-electron chi connectivity index (χ3n) is 4.80. The van der Waals surface area contributed by atoms with Crippen molar-refractivity contribution in [2.75, 3.05) is 0 Å². The lowest BCUT2D eigenvalue weighted by Crippen LogP contribution is -2.51. The van der Waals surface area contributed by atoms with Crippen LogP contribution < -0.4 is 0 Å². The second-order valence-corrected chi connectivity index (χ2v) is 6.63. The smallest absolute Gasteiger partial charge is 0.339 e. The number of nitro groups is 1. The van der Waals surface area contributed by atoms with E-state index in [9.17, 15) is 19.7 Å². The highest BCUT2D eigenvalue weighted by atomic mass is 16.6. The van der Waals surface area contributed by atoms with Gasteiger partial charge < -0.3 is 9.64 Å². The van der Waals surface area contributed by atoms with Gasteiger partial charge in [0.2, 0.25) is 0 Å². The van der Waals surface area contributed by atoms with Crippen LogP contribution in [0.4, 0.5) is 5.69 Å². The van der Waals surface area contributed by atoms with Gasteiger partial charge in [0.1, 0.15) is 0 Å². The molecule has 1 aromatic carbocycles. The fourth-order valence-electron chi connectivity index (χ4n) is 3.38. The molecular formula is C18H24N2O5. The molecule has 7 nitrogen and oxygen atoms in total. The first kappa shape index (κ1) is 18.9. The number of piperidine rings is 1. The number of nitro benzene ring substituents is 1. The number of hydrogen-bond donors (Lipinski definition) is 0. The predicted octanol–water partition coefficient (Wildman–Crippen LogP) is 3.24. The molecular weight excluding hydrogens is 324 g/mol. The van der Waals surface area contributed by atoms with Crippen molar-refractivity contribution in [1.29, 1.82) is 0 Å². The van der Waals surface area contributed by atoms with Gasteiger partial charge in [-0.3, -0.25) is 14.9 Å². The maximum Gasteiger partial charge on any atom is 0.339 e. The van der Waals surface area contributed by atoms with E-state index in [1.54, 1.807) is 11.8 Å². The summed E-state index contributed by atoms with van der Waals surface area (Å²) in [5.41, 5.74) is 0.192. The molecule has 2 rings (SSSR count). The normalized spacial score (nSPS) is 21.5. The fourth-order valence-corrected chi connectivity index (χ4v) is 3.38. The Kier molecular flexibility index (Phi) is 5.77. The van der Waals surface area contributed by atoms with Gasteiger partial charge in [-0.25, -0.2) is 4.79 Å². The van der Waals surface area contributed by atoms with Crippen LogP contribution in [0.1, 0.15) is 56.0 Å². The first-order valence-corrected chi connectivity index (χ1v) is 8.51. The highest BCUT2D eigenvalue weighted by molar-refractivity contribution is 5.94. The molecule has 0 unspecified atom stereocenters. The zero-order chi connectivity index (χ0) is 18.7. The Balaban J connectivity index is 2.13. The van der Waals surface area contributed by atoms with E-state index < -0.39 is 17.0 Å². The van der Waals surface area contributed by atoms with Gasteiger partial charge in [0.15, 0.2) is 6.10 Å². The summed E-state index contributed by atoms with van der Waals surface area (Å²) in [7, 11) is 0. The third-order valence-corrected chi connectivity index (χ3v) is 4.80. The van der Waals surface area contributed by atoms with Gasteiger partial charge in [-0.2, -0.15) is 0 Å². The minimum absolute atomic E-state index is 0.105. The molecule has 25 heavy (non-hydrogen) atoms. The summed E-state index contributed by atoms with van der Waals surface area (Å²) in [4.78, 5) is 37.3. The van der Waals surface area contributed by atoms with Crippen LogP contribution in [0.3, 0.4) is 0 Å². The second kappa shape index (κ2) is 7.63. The van der Waals surface area contributed by atoms with E-state index in [-0.39, 0.29) is 34.8 Å². The number of hydrogen-bond acceptors (Lipinski definition) is 5. The number of likely N-dealkylation sites (tertiary alicyclic amines) is 1. The van der Waals surface area contributed by atoms with Gasteiger partial charge in [0.05, 0.1) is 10.5 Å². The van der Waals surface area contributed by atoms with E-state index >= 15 is 0 Å². The van der Waals surface area contributed by atoms with Gasteiger partial charge in [-0.1, -0.05) is 6.07 Å². The van der Waals surface area contributed by atoms with Crippen molar-refractivity contribution in [3.8, 4) is 0 Å². The quantitative estimate of drug-likeness (QED) is 0.473. The van der Waals surface area contributed by atoms with Crippen LogP contribution in [0, 0.1) is 17.0 Å². The van der Waals surface area contributed by atoms with E-state index in [0.29, 0.717) is 0 Å². The van der Waals surface area contributed by atoms with Crippen LogP contribution in [-0.4, -0.2) is 39.9 Å². The van der Waals surface area contributed by atoms with Crippen molar-refractivity contribution in [3.05, 3.63) is 39.4 Å². The first-order valence-electron chi connectivity index (χ1n) is 8.51. The van der Waals surface area contributed by atoms with Gasteiger partial charge in [0, 0.05) is 23.7 Å². The molecule has 0 spiro atoms. The molecule has 1 fully saturated rings. The Hall–Kier alpha value is -2.44. The highest BCUT2D eigenvalue weighted by Crippen LogP contribution is 2.25. The summed E-state index contributed by atoms with van der Waals surface area (Å²) in [5, 5.41) is 11.0. The molecule has 1 heterocycles. The lowest BCUT2D eigenvalue weighted by molar-refractivity contribution is -0.385. The first-order chi connectivity index (χ1) is 11.7. The molecule has 1 aromatic rings. The summed E-state index contributed by atoms with van der Waals surface area (Å²) in [5.74, 6) is -0.949. The number of ether oxygens (including phenoxy) is 1. The molecule has 0 saturated carbocycles. The minimum atomic E-state index is -0.936. The average Bonchev–Trinajstić information content (AvgIpc) is 2.54. The van der Waals surface area contributed by atoms with Crippen molar-refractivity contribution >= 4 is 17.6 Å². The molecule has 0 aliphatic carbocycles. The molecule has 1 saturated heterocycles. The summed E-state index contributed by atoms with van der Waals surface area (Å²) < 4.78 is 5.31. The number of carbonyl (C=O) groups excluding carboxylic acids is 2. The van der Waals surface area contributed by atoms with Gasteiger partial charge >= 0.3 is 5.97 Å². The Morgan fingerprint density at radius 1 is 1.28 bits per heavy atom. The number of esters is 1. The predicted molar refractivity (Wildman–Crippen MR) is 92.3 cm³/mol. The van der Waals surface area contributed by atoms with Crippen LogP contribution in [-0.2, 0) is 9.53 Å². The topological polar surface area (TPSA) is 89.8 Å². The van der Waals surface area contributed by atoms with E-state index in [1.807, 2.05) is 13.8 Å². The molecule has 1 aliphatic rings. The SMILES string of the molecule is Cc1c(C(=O)O[C@@H](C)C(=O)N2[C@H](C)CCC[C@@H]2C)cccc1[N+](=O)[O-]. The maximum absolute atomic E-state index is 12.7. The molecule has 0 bridgehead atoms. The maximum atomic E-state index is 12.7. The number of amides is 1. The fraction of sp³-hybridized carbons (Fsp3) is 0.556. The third kappa shape index (κ3) is 3.97. The molecule has 0 N–H and O–H groups in total. The van der Waals surface area contributed by atoms with Crippen LogP contribution in [0.5, 0.6) is 0 Å². The molecule has 0 radical (unpaired) electrons. The Morgan fingerprint density at radius 2 is 1.88 bits per heavy atom. The van der Waals surface area contributed by atoms with Crippen molar-refractivity contribution in [2.24, 2.45) is 0 Å². The number of nitrogens with zero attached hydrogens (tertiary/aromatic N) is 2. The number of carbonyl (C=O) groups is 2. The van der Waals surface area contributed by atoms with Crippen molar-refractivity contribution in [2.45, 2.75) is 65.1 Å². The van der Waals surface area contributed by atoms with Gasteiger partial charge in [-0.05, 0) is 53.0 Å². The highest BCUT2D eigenvalue weighted by Gasteiger charge is 2.33. The molecule has 0 aromatic heterocycles.